The van der Waals surface area contributed by atoms with Crippen molar-refractivity contribution in [2.24, 2.45) is 0 Å². The third-order valence-corrected chi connectivity index (χ3v) is 2.27. The third-order valence-electron chi connectivity index (χ3n) is 1.30. The second kappa shape index (κ2) is 2.83. The highest BCUT2D eigenvalue weighted by atomic mass is 32.1. The van der Waals surface area contributed by atoms with Gasteiger partial charge in [0.1, 0.15) is 0 Å². The zero-order valence-corrected chi connectivity index (χ0v) is 6.37. The number of hydrogen-bond donors (Lipinski definition) is 0. The van der Waals surface area contributed by atoms with Crippen LogP contribution in [0, 0.1) is 0 Å². The van der Waals surface area contributed by atoms with Crippen molar-refractivity contribution in [2.45, 2.75) is 13.3 Å². The van der Waals surface area contributed by atoms with E-state index in [9.17, 15) is 0 Å². The summed E-state index contributed by atoms with van der Waals surface area (Å²) in [7, 11) is 0. The van der Waals surface area contributed by atoms with Crippen LogP contribution in [0.3, 0.4) is 0 Å². The fourth-order valence-corrected chi connectivity index (χ4v) is 1.43. The molecule has 0 spiro atoms. The monoisotopic (exact) mass is 138 g/mol. The molecule has 0 unspecified atom stereocenters. The zero-order chi connectivity index (χ0) is 6.69. The van der Waals surface area contributed by atoms with Crippen LogP contribution < -0.4 is 0 Å². The Morgan fingerprint density at radius 2 is 2.56 bits per heavy atom. The summed E-state index contributed by atoms with van der Waals surface area (Å²) in [5.41, 5.74) is 1.24. The maximum absolute atomic E-state index is 3.93. The molecule has 0 N–H and O–H groups in total. The van der Waals surface area contributed by atoms with Crippen molar-refractivity contribution in [3.05, 3.63) is 29.0 Å². The molecule has 0 aliphatic carbocycles. The fourth-order valence-electron chi connectivity index (χ4n) is 0.654. The summed E-state index contributed by atoms with van der Waals surface area (Å²) >= 11 is 1.76. The van der Waals surface area contributed by atoms with Gasteiger partial charge in [-0.3, -0.25) is 0 Å². The second-order valence-electron chi connectivity index (χ2n) is 1.93. The van der Waals surface area contributed by atoms with Crippen molar-refractivity contribution in [1.29, 1.82) is 0 Å². The normalized spacial score (nSPS) is 9.44. The molecular formula is C8H10S. The molecule has 0 aliphatic rings. The molecule has 0 saturated heterocycles. The van der Waals surface area contributed by atoms with E-state index in [0.29, 0.717) is 0 Å². The van der Waals surface area contributed by atoms with Gasteiger partial charge in [0, 0.05) is 4.88 Å². The van der Waals surface area contributed by atoms with Crippen molar-refractivity contribution < 1.29 is 0 Å². The molecule has 0 bridgehead atoms. The van der Waals surface area contributed by atoms with Gasteiger partial charge >= 0.3 is 0 Å². The summed E-state index contributed by atoms with van der Waals surface area (Å²) in [5, 5.41) is 2.08. The predicted molar refractivity (Wildman–Crippen MR) is 43.6 cm³/mol. The van der Waals surface area contributed by atoms with E-state index >= 15 is 0 Å². The van der Waals surface area contributed by atoms with E-state index in [1.807, 2.05) is 0 Å². The molecule has 1 heteroatoms. The summed E-state index contributed by atoms with van der Waals surface area (Å²) in [5.74, 6) is 0. The topological polar surface area (TPSA) is 0 Å². The highest BCUT2D eigenvalue weighted by Gasteiger charge is 1.93. The molecule has 9 heavy (non-hydrogen) atoms. The molecule has 0 nitrogen and oxygen atoms in total. The van der Waals surface area contributed by atoms with E-state index in [1.54, 1.807) is 11.3 Å². The van der Waals surface area contributed by atoms with E-state index in [2.05, 4.69) is 31.0 Å². The summed E-state index contributed by atoms with van der Waals surface area (Å²) in [6.07, 6.45) is 1.06. The molecule has 1 aromatic rings. The summed E-state index contributed by atoms with van der Waals surface area (Å²) in [6, 6.07) is 4.16. The average Bonchev–Trinajstić information content (AvgIpc) is 2.37. The lowest BCUT2D eigenvalue weighted by molar-refractivity contribution is 1.26. The Morgan fingerprint density at radius 3 is 3.00 bits per heavy atom. The smallest absolute Gasteiger partial charge is 0.0296 e. The van der Waals surface area contributed by atoms with Gasteiger partial charge in [-0.1, -0.05) is 19.6 Å². The molecule has 1 aromatic heterocycles. The van der Waals surface area contributed by atoms with Gasteiger partial charge in [-0.15, -0.1) is 11.3 Å². The minimum Gasteiger partial charge on any atom is -0.144 e. The molecule has 0 saturated carbocycles. The van der Waals surface area contributed by atoms with Crippen LogP contribution in [0.15, 0.2) is 24.1 Å². The van der Waals surface area contributed by atoms with Crippen LogP contribution in [0.4, 0.5) is 0 Å². The van der Waals surface area contributed by atoms with Gasteiger partial charge in [0.15, 0.2) is 0 Å². The molecule has 0 radical (unpaired) electrons. The van der Waals surface area contributed by atoms with Crippen LogP contribution in [-0.4, -0.2) is 0 Å². The van der Waals surface area contributed by atoms with Crippen LogP contribution in [0.2, 0.25) is 0 Å². The predicted octanol–water partition coefficient (Wildman–Crippen LogP) is 3.17. The Hall–Kier alpha value is -0.560. The minimum atomic E-state index is 1.06. The maximum Gasteiger partial charge on any atom is 0.0296 e. The van der Waals surface area contributed by atoms with E-state index in [-0.39, 0.29) is 0 Å². The first-order valence-electron chi connectivity index (χ1n) is 3.06. The molecule has 0 atom stereocenters. The first kappa shape index (κ1) is 6.56. The molecular weight excluding hydrogens is 128 g/mol. The van der Waals surface area contributed by atoms with Crippen LogP contribution in [-0.2, 0) is 0 Å². The van der Waals surface area contributed by atoms with Crippen molar-refractivity contribution in [3.63, 3.8) is 0 Å². The number of hydrogen-bond acceptors (Lipinski definition) is 1. The Bertz CT molecular complexity index is 184. The number of rotatable bonds is 2. The van der Waals surface area contributed by atoms with Crippen molar-refractivity contribution in [1.82, 2.24) is 0 Å². The molecule has 48 valence electrons. The lowest BCUT2D eigenvalue weighted by Crippen LogP contribution is -1.69. The number of allylic oxidation sites excluding steroid dienone is 1. The van der Waals surface area contributed by atoms with Gasteiger partial charge in [-0.2, -0.15) is 0 Å². The van der Waals surface area contributed by atoms with E-state index in [4.69, 9.17) is 0 Å². The highest BCUT2D eigenvalue weighted by Crippen LogP contribution is 2.20. The summed E-state index contributed by atoms with van der Waals surface area (Å²) in [6.45, 7) is 6.05. The lowest BCUT2D eigenvalue weighted by atomic mass is 10.2. The first-order valence-corrected chi connectivity index (χ1v) is 3.94. The quantitative estimate of drug-likeness (QED) is 0.589. The van der Waals surface area contributed by atoms with Gasteiger partial charge in [-0.05, 0) is 23.4 Å². The van der Waals surface area contributed by atoms with Crippen LogP contribution in [0.25, 0.3) is 5.57 Å². The molecule has 1 rings (SSSR count). The second-order valence-corrected chi connectivity index (χ2v) is 2.88. The molecule has 0 aliphatic heterocycles. The van der Waals surface area contributed by atoms with Crippen LogP contribution in [0.1, 0.15) is 18.2 Å². The van der Waals surface area contributed by atoms with Gasteiger partial charge in [0.25, 0.3) is 0 Å². The summed E-state index contributed by atoms with van der Waals surface area (Å²) < 4.78 is 0. The van der Waals surface area contributed by atoms with Crippen molar-refractivity contribution in [3.8, 4) is 0 Å². The third kappa shape index (κ3) is 1.42. The van der Waals surface area contributed by atoms with Gasteiger partial charge < -0.3 is 0 Å². The van der Waals surface area contributed by atoms with E-state index in [1.165, 1.54) is 10.5 Å². The Balaban J connectivity index is 2.77. The lowest BCUT2D eigenvalue weighted by Gasteiger charge is -1.93. The minimum absolute atomic E-state index is 1.06. The largest absolute Gasteiger partial charge is 0.144 e. The van der Waals surface area contributed by atoms with Crippen molar-refractivity contribution >= 4 is 16.9 Å². The van der Waals surface area contributed by atoms with Crippen LogP contribution >= 0.6 is 11.3 Å². The standard InChI is InChI=1S/C8H10S/c1-3-7(2)8-5-4-6-9-8/h4-6H,2-3H2,1H3. The van der Waals surface area contributed by atoms with Gasteiger partial charge in [-0.25, -0.2) is 0 Å². The highest BCUT2D eigenvalue weighted by molar-refractivity contribution is 7.11. The van der Waals surface area contributed by atoms with E-state index < -0.39 is 0 Å². The summed E-state index contributed by atoms with van der Waals surface area (Å²) in [4.78, 5) is 1.32. The molecule has 0 fully saturated rings. The Morgan fingerprint density at radius 1 is 1.78 bits per heavy atom. The molecule has 1 heterocycles. The fraction of sp³-hybridized carbons (Fsp3) is 0.250. The van der Waals surface area contributed by atoms with Gasteiger partial charge in [0.05, 0.1) is 0 Å². The Labute approximate surface area is 59.8 Å². The van der Waals surface area contributed by atoms with Crippen molar-refractivity contribution in [2.75, 3.05) is 0 Å². The average molecular weight is 138 g/mol. The SMILES string of the molecule is C=C(CC)c1cccs1. The molecule has 0 aromatic carbocycles. The molecule has 0 amide bonds. The Kier molecular flexibility index (Phi) is 2.06. The number of thiophene rings is 1. The maximum atomic E-state index is 3.93. The van der Waals surface area contributed by atoms with E-state index in [0.717, 1.165) is 6.42 Å². The van der Waals surface area contributed by atoms with Gasteiger partial charge in [0.2, 0.25) is 0 Å². The first-order chi connectivity index (χ1) is 4.34. The zero-order valence-electron chi connectivity index (χ0n) is 5.55. The van der Waals surface area contributed by atoms with Crippen LogP contribution in [0.5, 0.6) is 0 Å².